The lowest BCUT2D eigenvalue weighted by atomic mass is 9.72. The van der Waals surface area contributed by atoms with Gasteiger partial charge in [-0.15, -0.1) is 0 Å². The van der Waals surface area contributed by atoms with Gasteiger partial charge in [-0.3, -0.25) is 9.59 Å². The molecule has 0 unspecified atom stereocenters. The lowest BCUT2D eigenvalue weighted by Crippen LogP contribution is -2.53. The Labute approximate surface area is 312 Å². The summed E-state index contributed by atoms with van der Waals surface area (Å²) < 4.78 is 63.5. The molecule has 0 radical (unpaired) electrons. The Balaban J connectivity index is 0.000000248. The highest BCUT2D eigenvalue weighted by atomic mass is 19.4. The largest absolute Gasteiger partial charge is 0.490 e. The fourth-order valence-corrected chi connectivity index (χ4v) is 7.16. The quantitative estimate of drug-likeness (QED) is 0.224. The van der Waals surface area contributed by atoms with Crippen molar-refractivity contribution in [2.45, 2.75) is 114 Å². The third-order valence-corrected chi connectivity index (χ3v) is 10.3. The lowest BCUT2D eigenvalue weighted by molar-refractivity contribution is -0.192. The Morgan fingerprint density at radius 3 is 1.65 bits per heavy atom. The number of carbonyl (C=O) groups excluding carboxylic acids is 2. The Morgan fingerprint density at radius 1 is 0.796 bits per heavy atom. The van der Waals surface area contributed by atoms with Gasteiger partial charge in [-0.25, -0.2) is 18.4 Å². The maximum atomic E-state index is 13.3. The number of nitrogens with zero attached hydrogens (tertiary/aromatic N) is 1. The van der Waals surface area contributed by atoms with Crippen LogP contribution < -0.4 is 10.6 Å². The van der Waals surface area contributed by atoms with E-state index in [1.165, 1.54) is 73.4 Å². The molecular weight excluding hydrogens is 717 g/mol. The molecule has 1 saturated carbocycles. The van der Waals surface area contributed by atoms with Gasteiger partial charge >= 0.3 is 24.2 Å². The van der Waals surface area contributed by atoms with Crippen molar-refractivity contribution in [1.82, 2.24) is 15.5 Å². The molecule has 0 bridgehead atoms. The first-order valence-corrected chi connectivity index (χ1v) is 18.3. The van der Waals surface area contributed by atoms with Crippen molar-refractivity contribution in [3.05, 3.63) is 71.3 Å². The fraction of sp³-hybridized carbons (Fsp3) is 0.590. The van der Waals surface area contributed by atoms with Crippen LogP contribution in [0.4, 0.5) is 26.7 Å². The molecule has 2 heterocycles. The van der Waals surface area contributed by atoms with Crippen LogP contribution in [-0.4, -0.2) is 83.1 Å². The number of rotatable bonds is 6. The van der Waals surface area contributed by atoms with E-state index in [1.807, 2.05) is 0 Å². The van der Waals surface area contributed by atoms with E-state index in [9.17, 15) is 41.4 Å². The number of benzene rings is 2. The average molecular weight is 770 g/mol. The summed E-state index contributed by atoms with van der Waals surface area (Å²) in [4.78, 5) is 47.6. The zero-order valence-corrected chi connectivity index (χ0v) is 31.2. The van der Waals surface area contributed by atoms with Gasteiger partial charge in [-0.2, -0.15) is 13.2 Å². The SMILES string of the molecule is CC(C)(C)OC(=O)N1CCC(C(=O)O)(c2ccc(F)cc2)CC1.C[C@H](NC(=O)C1(c2ccc(F)cc2)CCNCC1)C1CCCCC1.O=C(O)C(F)(F)F. The van der Waals surface area contributed by atoms with E-state index in [4.69, 9.17) is 14.6 Å². The van der Waals surface area contributed by atoms with Crippen LogP contribution in [-0.2, 0) is 30.0 Å². The maximum Gasteiger partial charge on any atom is 0.490 e. The summed E-state index contributed by atoms with van der Waals surface area (Å²) in [6.45, 7) is 9.73. The van der Waals surface area contributed by atoms with Gasteiger partial charge in [-0.1, -0.05) is 43.5 Å². The summed E-state index contributed by atoms with van der Waals surface area (Å²) in [5, 5.41) is 23.5. The predicted molar refractivity (Wildman–Crippen MR) is 191 cm³/mol. The molecule has 3 aliphatic rings. The molecule has 2 saturated heterocycles. The van der Waals surface area contributed by atoms with E-state index in [0.29, 0.717) is 24.6 Å². The van der Waals surface area contributed by atoms with Crippen molar-refractivity contribution < 1.29 is 56.1 Å². The first-order chi connectivity index (χ1) is 25.2. The first-order valence-electron chi connectivity index (χ1n) is 18.3. The average Bonchev–Trinajstić information content (AvgIpc) is 3.12. The topological polar surface area (TPSA) is 145 Å². The number of carboxylic acid groups (broad SMARTS) is 2. The molecule has 2 aliphatic heterocycles. The van der Waals surface area contributed by atoms with Gasteiger partial charge in [0, 0.05) is 19.1 Å². The van der Waals surface area contributed by atoms with Gasteiger partial charge < -0.3 is 30.5 Å². The zero-order valence-electron chi connectivity index (χ0n) is 31.2. The predicted octanol–water partition coefficient (Wildman–Crippen LogP) is 7.34. The number of nitrogens with one attached hydrogen (secondary N) is 2. The normalized spacial score (nSPS) is 19.1. The van der Waals surface area contributed by atoms with Crippen LogP contribution in [0.5, 0.6) is 0 Å². The molecule has 3 fully saturated rings. The Kier molecular flexibility index (Phi) is 15.4. The van der Waals surface area contributed by atoms with Gasteiger partial charge in [0.05, 0.1) is 10.8 Å². The van der Waals surface area contributed by atoms with Crippen LogP contribution in [0.25, 0.3) is 0 Å². The van der Waals surface area contributed by atoms with Crippen molar-refractivity contribution in [2.24, 2.45) is 5.92 Å². The minimum atomic E-state index is -5.08. The number of hydrogen-bond donors (Lipinski definition) is 4. The molecule has 0 spiro atoms. The van der Waals surface area contributed by atoms with Crippen molar-refractivity contribution in [3.63, 3.8) is 0 Å². The zero-order chi connectivity index (χ0) is 40.3. The minimum absolute atomic E-state index is 0.119. The number of aliphatic carboxylic acids is 2. The molecule has 54 heavy (non-hydrogen) atoms. The third kappa shape index (κ3) is 12.1. The molecule has 2 aromatic rings. The van der Waals surface area contributed by atoms with Crippen LogP contribution in [0.1, 0.15) is 96.6 Å². The van der Waals surface area contributed by atoms with Gasteiger partial charge in [0.25, 0.3) is 0 Å². The summed E-state index contributed by atoms with van der Waals surface area (Å²) >= 11 is 0. The number of amides is 2. The molecule has 10 nitrogen and oxygen atoms in total. The highest BCUT2D eigenvalue weighted by molar-refractivity contribution is 5.88. The van der Waals surface area contributed by atoms with Crippen LogP contribution in [0.2, 0.25) is 0 Å². The summed E-state index contributed by atoms with van der Waals surface area (Å²) in [6, 6.07) is 12.3. The van der Waals surface area contributed by atoms with Gasteiger partial charge in [0.15, 0.2) is 0 Å². The Morgan fingerprint density at radius 2 is 1.24 bits per heavy atom. The number of halogens is 5. The summed E-state index contributed by atoms with van der Waals surface area (Å²) in [5.74, 6) is -3.65. The second-order valence-electron chi connectivity index (χ2n) is 15.2. The molecule has 1 atom stereocenters. The molecule has 2 aromatic carbocycles. The number of ether oxygens (including phenoxy) is 1. The molecule has 4 N–H and O–H groups in total. The van der Waals surface area contributed by atoms with E-state index in [-0.39, 0.29) is 30.6 Å². The van der Waals surface area contributed by atoms with Crippen LogP contribution in [0, 0.1) is 17.6 Å². The Hall–Kier alpha value is -4.27. The second kappa shape index (κ2) is 18.9. The smallest absolute Gasteiger partial charge is 0.481 e. The molecule has 300 valence electrons. The lowest BCUT2D eigenvalue weighted by Gasteiger charge is -2.39. The number of piperidine rings is 2. The van der Waals surface area contributed by atoms with Gasteiger partial charge in [0.2, 0.25) is 5.91 Å². The van der Waals surface area contributed by atoms with E-state index >= 15 is 0 Å². The monoisotopic (exact) mass is 769 g/mol. The first kappa shape index (κ1) is 44.1. The van der Waals surface area contributed by atoms with E-state index in [2.05, 4.69) is 17.6 Å². The molecular formula is C39H52F5N3O7. The Bertz CT molecular complexity index is 1540. The summed E-state index contributed by atoms with van der Waals surface area (Å²) in [7, 11) is 0. The number of alkyl halides is 3. The van der Waals surface area contributed by atoms with Crippen molar-refractivity contribution >= 4 is 23.9 Å². The van der Waals surface area contributed by atoms with Gasteiger partial charge in [-0.05, 0) is 121 Å². The van der Waals surface area contributed by atoms with Crippen LogP contribution in [0.15, 0.2) is 48.5 Å². The molecule has 2 amide bonds. The number of carbonyl (C=O) groups is 4. The maximum absolute atomic E-state index is 13.3. The third-order valence-electron chi connectivity index (χ3n) is 10.3. The number of hydrogen-bond acceptors (Lipinski definition) is 6. The van der Waals surface area contributed by atoms with E-state index in [0.717, 1.165) is 31.5 Å². The van der Waals surface area contributed by atoms with E-state index < -0.39 is 46.5 Å². The molecule has 15 heteroatoms. The summed E-state index contributed by atoms with van der Waals surface area (Å²) in [5.41, 5.74) is -0.697. The standard InChI is InChI=1S/C20H29FN2O.C17H22FNO4.C2HF3O2/c1-15(16-5-3-2-4-6-16)23-19(24)20(11-13-22-14-12-20)17-7-9-18(21)10-8-17;1-16(2,3)23-15(22)19-10-8-17(9-11-19,14(20)21)12-4-6-13(18)7-5-12;3-2(4,5)1(6)7/h7-10,15-16,22H,2-6,11-14H2,1H3,(H,23,24);4-7H,8-11H2,1-3H3,(H,20,21);(H,6,7)/t15-;;/m0../s1. The van der Waals surface area contributed by atoms with Gasteiger partial charge in [0.1, 0.15) is 17.2 Å². The fourth-order valence-electron chi connectivity index (χ4n) is 7.16. The second-order valence-corrected chi connectivity index (χ2v) is 15.2. The summed E-state index contributed by atoms with van der Waals surface area (Å²) in [6.07, 6.45) is 2.86. The molecule has 5 rings (SSSR count). The molecule has 1 aliphatic carbocycles. The highest BCUT2D eigenvalue weighted by Crippen LogP contribution is 2.37. The van der Waals surface area contributed by atoms with Crippen LogP contribution in [0.3, 0.4) is 0 Å². The van der Waals surface area contributed by atoms with Crippen LogP contribution >= 0.6 is 0 Å². The van der Waals surface area contributed by atoms with E-state index in [1.54, 1.807) is 32.9 Å². The minimum Gasteiger partial charge on any atom is -0.481 e. The molecule has 0 aromatic heterocycles. The van der Waals surface area contributed by atoms with Crippen molar-refractivity contribution in [2.75, 3.05) is 26.2 Å². The highest BCUT2D eigenvalue weighted by Gasteiger charge is 2.45. The number of likely N-dealkylation sites (tertiary alicyclic amines) is 1. The van der Waals surface area contributed by atoms with Crippen molar-refractivity contribution in [1.29, 1.82) is 0 Å². The van der Waals surface area contributed by atoms with Crippen molar-refractivity contribution in [3.8, 4) is 0 Å². The number of carboxylic acids is 2.